The zero-order valence-corrected chi connectivity index (χ0v) is 9.99. The summed E-state index contributed by atoms with van der Waals surface area (Å²) < 4.78 is 42.9. The first-order valence-electron chi connectivity index (χ1n) is 5.32. The summed E-state index contributed by atoms with van der Waals surface area (Å²) in [4.78, 5) is 11.4. The molecule has 0 amide bonds. The van der Waals surface area contributed by atoms with Crippen molar-refractivity contribution in [3.05, 3.63) is 18.0 Å². The molecule has 1 rings (SSSR count). The number of hydrogen-bond donors (Lipinski definition) is 1. The lowest BCUT2D eigenvalue weighted by Gasteiger charge is -2.14. The van der Waals surface area contributed by atoms with E-state index in [0.717, 1.165) is 17.1 Å². The number of rotatable bonds is 5. The number of likely N-dealkylation sites (N-methyl/N-ethyl adjacent to an activating group) is 1. The molecule has 0 aromatic carbocycles. The summed E-state index contributed by atoms with van der Waals surface area (Å²) in [5.41, 5.74) is -0.846. The van der Waals surface area contributed by atoms with E-state index in [1.807, 2.05) is 0 Å². The molecular formula is C10H14F3N3O2. The first kappa shape index (κ1) is 14.5. The predicted octanol–water partition coefficient (Wildman–Crippen LogP) is 1.05. The minimum absolute atomic E-state index is 0.0224. The van der Waals surface area contributed by atoms with E-state index in [-0.39, 0.29) is 13.2 Å². The fourth-order valence-electron chi connectivity index (χ4n) is 1.32. The molecule has 1 aromatic rings. The molecule has 5 nitrogen and oxygen atoms in total. The highest BCUT2D eigenvalue weighted by Crippen LogP contribution is 2.28. The third-order valence-electron chi connectivity index (χ3n) is 2.25. The second-order valence-electron chi connectivity index (χ2n) is 3.54. The van der Waals surface area contributed by atoms with Gasteiger partial charge in [-0.25, -0.2) is 0 Å². The van der Waals surface area contributed by atoms with E-state index in [4.69, 9.17) is 4.74 Å². The molecule has 1 unspecified atom stereocenters. The highest BCUT2D eigenvalue weighted by molar-refractivity contribution is 5.75. The van der Waals surface area contributed by atoms with Crippen molar-refractivity contribution in [1.29, 1.82) is 0 Å². The third-order valence-corrected chi connectivity index (χ3v) is 2.25. The summed E-state index contributed by atoms with van der Waals surface area (Å²) in [6, 6.07) is -0.731. The number of ether oxygens (including phenoxy) is 1. The van der Waals surface area contributed by atoms with Gasteiger partial charge in [-0.05, 0) is 14.0 Å². The Bertz CT molecular complexity index is 403. The minimum Gasteiger partial charge on any atom is -0.465 e. The molecule has 0 bridgehead atoms. The molecule has 0 aliphatic heterocycles. The molecule has 1 atom stereocenters. The van der Waals surface area contributed by atoms with Gasteiger partial charge in [-0.2, -0.15) is 18.3 Å². The number of nitrogens with one attached hydrogen (secondary N) is 1. The standard InChI is InChI=1S/C10H14F3N3O2/c1-3-18-9(17)8(14-2)6-16-5-7(4-15-16)10(11,12)13/h4-5,8,14H,3,6H2,1-2H3. The zero-order valence-electron chi connectivity index (χ0n) is 9.99. The van der Waals surface area contributed by atoms with Crippen LogP contribution < -0.4 is 5.32 Å². The number of carbonyl (C=O) groups excluding carboxylic acids is 1. The molecule has 0 saturated heterocycles. The van der Waals surface area contributed by atoms with Crippen LogP contribution in [-0.2, 0) is 22.3 Å². The average Bonchev–Trinajstić information content (AvgIpc) is 2.74. The van der Waals surface area contributed by atoms with Crippen LogP contribution in [0.15, 0.2) is 12.4 Å². The van der Waals surface area contributed by atoms with Crippen molar-refractivity contribution in [2.45, 2.75) is 25.7 Å². The van der Waals surface area contributed by atoms with Gasteiger partial charge in [0.15, 0.2) is 0 Å². The highest BCUT2D eigenvalue weighted by atomic mass is 19.4. The van der Waals surface area contributed by atoms with E-state index < -0.39 is 23.8 Å². The Hall–Kier alpha value is -1.57. The number of halogens is 3. The van der Waals surface area contributed by atoms with E-state index in [2.05, 4.69) is 10.4 Å². The van der Waals surface area contributed by atoms with Crippen LogP contribution in [0.2, 0.25) is 0 Å². The molecule has 0 saturated carbocycles. The van der Waals surface area contributed by atoms with Crippen molar-refractivity contribution in [3.63, 3.8) is 0 Å². The van der Waals surface area contributed by atoms with Gasteiger partial charge in [0, 0.05) is 6.20 Å². The lowest BCUT2D eigenvalue weighted by molar-refractivity contribution is -0.145. The molecule has 1 aromatic heterocycles. The van der Waals surface area contributed by atoms with Crippen LogP contribution in [0.1, 0.15) is 12.5 Å². The molecule has 0 aliphatic rings. The van der Waals surface area contributed by atoms with E-state index in [1.54, 1.807) is 6.92 Å². The molecule has 0 aliphatic carbocycles. The van der Waals surface area contributed by atoms with E-state index >= 15 is 0 Å². The van der Waals surface area contributed by atoms with Crippen LogP contribution in [0.3, 0.4) is 0 Å². The van der Waals surface area contributed by atoms with Crippen molar-refractivity contribution in [2.75, 3.05) is 13.7 Å². The number of carbonyl (C=O) groups is 1. The summed E-state index contributed by atoms with van der Waals surface area (Å²) in [5.74, 6) is -0.524. The van der Waals surface area contributed by atoms with Gasteiger partial charge in [0.25, 0.3) is 0 Å². The first-order chi connectivity index (χ1) is 8.38. The fraction of sp³-hybridized carbons (Fsp3) is 0.600. The summed E-state index contributed by atoms with van der Waals surface area (Å²) in [5, 5.41) is 6.23. The van der Waals surface area contributed by atoms with Crippen LogP contribution in [-0.4, -0.2) is 35.4 Å². The minimum atomic E-state index is -4.43. The third kappa shape index (κ3) is 3.73. The van der Waals surface area contributed by atoms with Crippen molar-refractivity contribution in [1.82, 2.24) is 15.1 Å². The van der Waals surface area contributed by atoms with E-state index in [1.165, 1.54) is 7.05 Å². The Morgan fingerprint density at radius 2 is 2.28 bits per heavy atom. The van der Waals surface area contributed by atoms with Gasteiger partial charge in [-0.15, -0.1) is 0 Å². The topological polar surface area (TPSA) is 56.2 Å². The van der Waals surface area contributed by atoms with Gasteiger partial charge in [-0.1, -0.05) is 0 Å². The second kappa shape index (κ2) is 5.85. The monoisotopic (exact) mass is 265 g/mol. The van der Waals surface area contributed by atoms with Gasteiger partial charge in [0.2, 0.25) is 0 Å². The Labute approximate surface area is 102 Å². The predicted molar refractivity (Wildman–Crippen MR) is 56.7 cm³/mol. The zero-order chi connectivity index (χ0) is 13.8. The second-order valence-corrected chi connectivity index (χ2v) is 3.54. The Kier molecular flexibility index (Phi) is 4.71. The molecule has 1 N–H and O–H groups in total. The number of aromatic nitrogens is 2. The molecule has 8 heteroatoms. The van der Waals surface area contributed by atoms with E-state index in [9.17, 15) is 18.0 Å². The average molecular weight is 265 g/mol. The first-order valence-corrected chi connectivity index (χ1v) is 5.32. The lowest BCUT2D eigenvalue weighted by Crippen LogP contribution is -2.39. The molecule has 0 spiro atoms. The van der Waals surface area contributed by atoms with Gasteiger partial charge in [-0.3, -0.25) is 9.48 Å². The normalized spacial score (nSPS) is 13.4. The maximum absolute atomic E-state index is 12.3. The van der Waals surface area contributed by atoms with Gasteiger partial charge in [0.1, 0.15) is 6.04 Å². The van der Waals surface area contributed by atoms with Crippen LogP contribution in [0.4, 0.5) is 13.2 Å². The fourth-order valence-corrected chi connectivity index (χ4v) is 1.32. The molecule has 18 heavy (non-hydrogen) atoms. The van der Waals surface area contributed by atoms with E-state index in [0.29, 0.717) is 0 Å². The van der Waals surface area contributed by atoms with Crippen molar-refractivity contribution in [2.24, 2.45) is 0 Å². The number of hydrogen-bond acceptors (Lipinski definition) is 4. The lowest BCUT2D eigenvalue weighted by atomic mass is 10.3. The maximum atomic E-state index is 12.3. The largest absolute Gasteiger partial charge is 0.465 e. The molecular weight excluding hydrogens is 251 g/mol. The van der Waals surface area contributed by atoms with Crippen LogP contribution in [0.5, 0.6) is 0 Å². The molecule has 102 valence electrons. The number of alkyl halides is 3. The SMILES string of the molecule is CCOC(=O)C(Cn1cc(C(F)(F)F)cn1)NC. The Morgan fingerprint density at radius 3 is 2.72 bits per heavy atom. The summed E-state index contributed by atoms with van der Waals surface area (Å²) in [6.45, 7) is 1.84. The quantitative estimate of drug-likeness (QED) is 0.809. The summed E-state index contributed by atoms with van der Waals surface area (Å²) in [7, 11) is 1.52. The van der Waals surface area contributed by atoms with Gasteiger partial charge in [0.05, 0.1) is 24.9 Å². The summed E-state index contributed by atoms with van der Waals surface area (Å²) in [6.07, 6.45) is -2.86. The highest BCUT2D eigenvalue weighted by Gasteiger charge is 2.32. The number of nitrogens with zero attached hydrogens (tertiary/aromatic N) is 2. The van der Waals surface area contributed by atoms with Crippen LogP contribution >= 0.6 is 0 Å². The molecule has 1 heterocycles. The smallest absolute Gasteiger partial charge is 0.419 e. The molecule has 0 radical (unpaired) electrons. The van der Waals surface area contributed by atoms with Crippen molar-refractivity contribution < 1.29 is 22.7 Å². The van der Waals surface area contributed by atoms with Crippen molar-refractivity contribution >= 4 is 5.97 Å². The van der Waals surface area contributed by atoms with Crippen LogP contribution in [0.25, 0.3) is 0 Å². The maximum Gasteiger partial charge on any atom is 0.419 e. The Morgan fingerprint density at radius 1 is 1.61 bits per heavy atom. The molecule has 0 fully saturated rings. The van der Waals surface area contributed by atoms with Crippen molar-refractivity contribution in [3.8, 4) is 0 Å². The van der Waals surface area contributed by atoms with Gasteiger partial charge >= 0.3 is 12.1 Å². The Balaban J connectivity index is 2.71. The number of esters is 1. The van der Waals surface area contributed by atoms with Gasteiger partial charge < -0.3 is 10.1 Å². The summed E-state index contributed by atoms with van der Waals surface area (Å²) >= 11 is 0. The van der Waals surface area contributed by atoms with Crippen LogP contribution in [0, 0.1) is 0 Å².